The molecule has 24 heavy (non-hydrogen) atoms. The number of methoxy groups -OCH3 is 1. The molecule has 0 saturated carbocycles. The Morgan fingerprint density at radius 3 is 2.25 bits per heavy atom. The van der Waals surface area contributed by atoms with Crippen molar-refractivity contribution in [3.63, 3.8) is 0 Å². The number of carbonyl (C=O) groups is 1. The smallest absolute Gasteiger partial charge is 0.389 e. The number of benzene rings is 1. The predicted molar refractivity (Wildman–Crippen MR) is 91.7 cm³/mol. The number of nitrogens with two attached hydrogens (primary N) is 1. The van der Waals surface area contributed by atoms with Crippen LogP contribution in [-0.4, -0.2) is 56.7 Å². The largest absolute Gasteiger partial charge is 0.398 e. The van der Waals surface area contributed by atoms with Crippen LogP contribution < -0.4 is 5.73 Å². The van der Waals surface area contributed by atoms with E-state index in [0.717, 1.165) is 21.1 Å². The minimum absolute atomic E-state index is 0.0270. The second kappa shape index (κ2) is 11.2. The average Bonchev–Trinajstić information content (AvgIpc) is 2.52. The van der Waals surface area contributed by atoms with Crippen molar-refractivity contribution in [1.82, 2.24) is 4.31 Å². The molecule has 0 amide bonds. The quantitative estimate of drug-likeness (QED) is 0.406. The predicted octanol–water partition coefficient (Wildman–Crippen LogP) is 0.797. The molecule has 0 saturated heterocycles. The number of anilines is 1. The topological polar surface area (TPSA) is 119 Å². The van der Waals surface area contributed by atoms with Crippen LogP contribution in [0, 0.1) is 13.8 Å². The average molecular weight is 383 g/mol. The zero-order valence-electron chi connectivity index (χ0n) is 13.9. The maximum Gasteiger partial charge on any atom is 0.389 e. The number of aliphatic hydroxyl groups excluding tert-OH is 1. The molecule has 0 aliphatic heterocycles. The Kier molecular flexibility index (Phi) is 10.6. The van der Waals surface area contributed by atoms with Crippen LogP contribution in [0.4, 0.5) is 5.69 Å². The Bertz CT molecular complexity index is 597. The third-order valence-corrected chi connectivity index (χ3v) is 4.28. The van der Waals surface area contributed by atoms with Gasteiger partial charge in [0.2, 0.25) is 0 Å². The third kappa shape index (κ3) is 7.93. The fourth-order valence-corrected chi connectivity index (χ4v) is 2.75. The van der Waals surface area contributed by atoms with E-state index >= 15 is 0 Å². The minimum Gasteiger partial charge on any atom is -0.398 e. The number of rotatable bonds is 7. The van der Waals surface area contributed by atoms with E-state index in [1.165, 1.54) is 7.11 Å². The standard InChI is InChI=1S/C8H11N.C6H12ClNO6S/c1-6-4-3-5-7(2)8(6)9;1-13-5-8(3-2-7)15(11,12)14-6(10)4-9/h3-5H,9H2,1-2H3;9H,2-5H2,1H3. The van der Waals surface area contributed by atoms with Gasteiger partial charge < -0.3 is 19.8 Å². The molecule has 0 bridgehead atoms. The van der Waals surface area contributed by atoms with Crippen molar-refractivity contribution in [1.29, 1.82) is 0 Å². The van der Waals surface area contributed by atoms with Crippen molar-refractivity contribution in [3.8, 4) is 0 Å². The maximum absolute atomic E-state index is 11.3. The van der Waals surface area contributed by atoms with Crippen LogP contribution in [0.1, 0.15) is 11.1 Å². The van der Waals surface area contributed by atoms with Crippen molar-refractivity contribution in [2.24, 2.45) is 0 Å². The summed E-state index contributed by atoms with van der Waals surface area (Å²) in [5, 5.41) is 8.32. The highest BCUT2D eigenvalue weighted by Gasteiger charge is 2.25. The molecule has 0 radical (unpaired) electrons. The Labute approximate surface area is 147 Å². The van der Waals surface area contributed by atoms with Gasteiger partial charge in [-0.25, -0.2) is 4.79 Å². The van der Waals surface area contributed by atoms with Crippen molar-refractivity contribution in [2.45, 2.75) is 13.8 Å². The highest BCUT2D eigenvalue weighted by molar-refractivity contribution is 7.84. The van der Waals surface area contributed by atoms with Crippen LogP contribution in [0.5, 0.6) is 0 Å². The summed E-state index contributed by atoms with van der Waals surface area (Å²) < 4.78 is 32.0. The fraction of sp³-hybridized carbons (Fsp3) is 0.500. The van der Waals surface area contributed by atoms with E-state index in [1.54, 1.807) is 0 Å². The molecule has 8 nitrogen and oxygen atoms in total. The monoisotopic (exact) mass is 382 g/mol. The molecule has 0 heterocycles. The molecule has 1 rings (SSSR count). The number of carbonyl (C=O) groups excluding carboxylic acids is 1. The van der Waals surface area contributed by atoms with Gasteiger partial charge in [0.05, 0.1) is 0 Å². The number of hydrogen-bond acceptors (Lipinski definition) is 7. The molecule has 0 aliphatic rings. The van der Waals surface area contributed by atoms with Crippen LogP contribution in [0.25, 0.3) is 0 Å². The van der Waals surface area contributed by atoms with E-state index in [0.29, 0.717) is 0 Å². The third-order valence-electron chi connectivity index (χ3n) is 2.79. The summed E-state index contributed by atoms with van der Waals surface area (Å²) in [6, 6.07) is 6.05. The summed E-state index contributed by atoms with van der Waals surface area (Å²) in [4.78, 5) is 10.6. The number of para-hydroxylation sites is 1. The lowest BCUT2D eigenvalue weighted by Gasteiger charge is -2.18. The number of hydrogen-bond donors (Lipinski definition) is 2. The highest BCUT2D eigenvalue weighted by atomic mass is 35.5. The van der Waals surface area contributed by atoms with Gasteiger partial charge in [0.15, 0.2) is 0 Å². The fourth-order valence-electron chi connectivity index (χ4n) is 1.50. The molecule has 0 aromatic heterocycles. The van der Waals surface area contributed by atoms with E-state index in [9.17, 15) is 13.2 Å². The summed E-state index contributed by atoms with van der Waals surface area (Å²) in [6.45, 7) is 2.68. The van der Waals surface area contributed by atoms with Gasteiger partial charge in [0, 0.05) is 25.2 Å². The number of ether oxygens (including phenoxy) is 1. The molecule has 0 aliphatic carbocycles. The summed E-state index contributed by atoms with van der Waals surface area (Å²) in [5.41, 5.74) is 8.92. The zero-order valence-corrected chi connectivity index (χ0v) is 15.4. The van der Waals surface area contributed by atoms with Gasteiger partial charge in [-0.05, 0) is 25.0 Å². The van der Waals surface area contributed by atoms with Gasteiger partial charge in [-0.3, -0.25) is 0 Å². The Morgan fingerprint density at radius 2 is 1.88 bits per heavy atom. The SMILES string of the molecule is COCN(CCCl)S(=O)(=O)OC(=O)CO.Cc1cccc(C)c1N. The van der Waals surface area contributed by atoms with Crippen molar-refractivity contribution < 1.29 is 27.2 Å². The van der Waals surface area contributed by atoms with E-state index in [4.69, 9.17) is 22.4 Å². The highest BCUT2D eigenvalue weighted by Crippen LogP contribution is 2.13. The lowest BCUT2D eigenvalue weighted by Crippen LogP contribution is -2.37. The number of nitrogen functional groups attached to an aromatic ring is 1. The number of nitrogens with zero attached hydrogens (tertiary/aromatic N) is 1. The molecule has 0 spiro atoms. The van der Waals surface area contributed by atoms with Gasteiger partial charge in [0.1, 0.15) is 13.3 Å². The maximum atomic E-state index is 11.3. The van der Waals surface area contributed by atoms with Crippen LogP contribution in [-0.2, 0) is 24.0 Å². The van der Waals surface area contributed by atoms with Gasteiger partial charge in [0.25, 0.3) is 0 Å². The first-order valence-electron chi connectivity index (χ1n) is 6.89. The Hall–Kier alpha value is -1.39. The second-order valence-electron chi connectivity index (χ2n) is 4.66. The van der Waals surface area contributed by atoms with Crippen LogP contribution in [0.15, 0.2) is 18.2 Å². The van der Waals surface area contributed by atoms with Crippen molar-refractivity contribution in [2.75, 3.05) is 38.6 Å². The second-order valence-corrected chi connectivity index (χ2v) is 6.58. The molecule has 0 atom stereocenters. The number of halogens is 1. The van der Waals surface area contributed by atoms with Crippen LogP contribution in [0.2, 0.25) is 0 Å². The molecule has 138 valence electrons. The molecule has 1 aromatic rings. The van der Waals surface area contributed by atoms with E-state index in [2.05, 4.69) is 8.92 Å². The normalized spacial score (nSPS) is 10.9. The van der Waals surface area contributed by atoms with Gasteiger partial charge in [-0.15, -0.1) is 15.9 Å². The first kappa shape index (κ1) is 22.6. The minimum atomic E-state index is -4.24. The van der Waals surface area contributed by atoms with Gasteiger partial charge >= 0.3 is 16.3 Å². The molecular weight excluding hydrogens is 360 g/mol. The lowest BCUT2D eigenvalue weighted by atomic mass is 10.1. The summed E-state index contributed by atoms with van der Waals surface area (Å²) >= 11 is 5.36. The molecule has 1 aromatic carbocycles. The lowest BCUT2D eigenvalue weighted by molar-refractivity contribution is -0.137. The molecular formula is C14H23ClN2O6S. The summed E-state index contributed by atoms with van der Waals surface area (Å²) in [5.74, 6) is -1.23. The molecule has 0 unspecified atom stereocenters. The van der Waals surface area contributed by atoms with E-state index in [1.807, 2.05) is 32.0 Å². The number of aryl methyl sites for hydroxylation is 2. The van der Waals surface area contributed by atoms with Crippen LogP contribution >= 0.6 is 11.6 Å². The van der Waals surface area contributed by atoms with E-state index < -0.39 is 22.9 Å². The molecule has 3 N–H and O–H groups in total. The summed E-state index contributed by atoms with van der Waals surface area (Å²) in [7, 11) is -2.96. The number of aliphatic hydroxyl groups is 1. The van der Waals surface area contributed by atoms with Crippen LogP contribution in [0.3, 0.4) is 0 Å². The van der Waals surface area contributed by atoms with E-state index in [-0.39, 0.29) is 19.2 Å². The Balaban J connectivity index is 0.000000496. The van der Waals surface area contributed by atoms with Gasteiger partial charge in [-0.1, -0.05) is 18.2 Å². The first-order chi connectivity index (χ1) is 11.2. The molecule has 0 fully saturated rings. The summed E-state index contributed by atoms with van der Waals surface area (Å²) in [6.07, 6.45) is 0. The Morgan fingerprint density at radius 1 is 1.33 bits per heavy atom. The van der Waals surface area contributed by atoms with Crippen molar-refractivity contribution >= 4 is 33.6 Å². The number of alkyl halides is 1. The van der Waals surface area contributed by atoms with Crippen molar-refractivity contribution in [3.05, 3.63) is 29.3 Å². The first-order valence-corrected chi connectivity index (χ1v) is 8.79. The molecule has 10 heteroatoms. The van der Waals surface area contributed by atoms with Gasteiger partial charge in [-0.2, -0.15) is 8.42 Å². The zero-order chi connectivity index (χ0) is 18.8.